The third-order valence-electron chi connectivity index (χ3n) is 3.89. The first kappa shape index (κ1) is 14.4. The summed E-state index contributed by atoms with van der Waals surface area (Å²) in [5, 5.41) is 10.3. The first-order chi connectivity index (χ1) is 10.7. The van der Waals surface area contributed by atoms with Gasteiger partial charge in [0.15, 0.2) is 11.6 Å². The zero-order valence-corrected chi connectivity index (χ0v) is 12.0. The molecule has 0 fully saturated rings. The van der Waals surface area contributed by atoms with Crippen LogP contribution in [0.5, 0.6) is 0 Å². The fraction of sp³-hybridized carbons (Fsp3) is 0.158. The molecule has 110 valence electrons. The second-order valence-electron chi connectivity index (χ2n) is 5.38. The van der Waals surface area contributed by atoms with Gasteiger partial charge in [0.2, 0.25) is 0 Å². The van der Waals surface area contributed by atoms with Crippen LogP contribution in [0, 0.1) is 0 Å². The Kier molecular flexibility index (Phi) is 3.98. The lowest BCUT2D eigenvalue weighted by Gasteiger charge is -2.19. The van der Waals surface area contributed by atoms with Gasteiger partial charge in [0.05, 0.1) is 6.10 Å². The normalized spacial score (nSPS) is 15.2. The van der Waals surface area contributed by atoms with Gasteiger partial charge in [-0.05, 0) is 24.5 Å². The molecule has 1 unspecified atom stereocenters. The number of aryl methyl sites for hydroxylation is 1. The van der Waals surface area contributed by atoms with E-state index in [1.54, 1.807) is 24.3 Å². The minimum atomic E-state index is -0.926. The molecule has 0 radical (unpaired) electrons. The van der Waals surface area contributed by atoms with Crippen LogP contribution in [0.15, 0.2) is 66.2 Å². The summed E-state index contributed by atoms with van der Waals surface area (Å²) < 4.78 is 0. The van der Waals surface area contributed by atoms with Crippen molar-refractivity contribution in [2.24, 2.45) is 0 Å². The average Bonchev–Trinajstić information content (AvgIpc) is 2.57. The number of hydrogen-bond donors (Lipinski definition) is 1. The quantitative estimate of drug-likeness (QED) is 0.942. The van der Waals surface area contributed by atoms with Gasteiger partial charge in [-0.1, -0.05) is 54.6 Å². The second kappa shape index (κ2) is 6.08. The number of benzene rings is 2. The lowest BCUT2D eigenvalue weighted by molar-refractivity contribution is 0.0943. The number of hydrogen-bond acceptors (Lipinski definition) is 3. The minimum absolute atomic E-state index is 0.194. The summed E-state index contributed by atoms with van der Waals surface area (Å²) in [5.41, 5.74) is 2.08. The van der Waals surface area contributed by atoms with Crippen molar-refractivity contribution in [3.63, 3.8) is 0 Å². The summed E-state index contributed by atoms with van der Waals surface area (Å²) in [6, 6.07) is 16.5. The molecule has 0 saturated carbocycles. The van der Waals surface area contributed by atoms with E-state index in [9.17, 15) is 14.7 Å². The Morgan fingerprint density at radius 2 is 1.50 bits per heavy atom. The summed E-state index contributed by atoms with van der Waals surface area (Å²) in [6.45, 7) is 0. The maximum atomic E-state index is 12.4. The topological polar surface area (TPSA) is 54.4 Å². The molecule has 1 N–H and O–H groups in total. The molecule has 0 amide bonds. The molecule has 1 atom stereocenters. The Labute approximate surface area is 128 Å². The second-order valence-corrected chi connectivity index (χ2v) is 5.38. The van der Waals surface area contributed by atoms with Gasteiger partial charge in [-0.25, -0.2) is 0 Å². The van der Waals surface area contributed by atoms with Gasteiger partial charge >= 0.3 is 0 Å². The van der Waals surface area contributed by atoms with Crippen molar-refractivity contribution in [2.75, 3.05) is 0 Å². The van der Waals surface area contributed by atoms with Gasteiger partial charge in [-0.2, -0.15) is 0 Å². The lowest BCUT2D eigenvalue weighted by Crippen LogP contribution is -2.25. The Morgan fingerprint density at radius 1 is 0.864 bits per heavy atom. The number of carbonyl (C=O) groups is 2. The van der Waals surface area contributed by atoms with Crippen LogP contribution in [-0.4, -0.2) is 22.8 Å². The molecule has 22 heavy (non-hydrogen) atoms. The van der Waals surface area contributed by atoms with Gasteiger partial charge in [-0.3, -0.25) is 9.59 Å². The van der Waals surface area contributed by atoms with Crippen LogP contribution in [0.4, 0.5) is 0 Å². The standard InChI is InChI=1S/C19H16O3/c20-17(11-10-13-6-2-1-3-7-13)16-12-18(21)14-8-4-5-9-15(14)19(16)22/h1-9,12,17,20H,10-11H2. The Morgan fingerprint density at radius 3 is 2.23 bits per heavy atom. The minimum Gasteiger partial charge on any atom is -0.388 e. The zero-order valence-electron chi connectivity index (χ0n) is 12.0. The lowest BCUT2D eigenvalue weighted by atomic mass is 9.86. The van der Waals surface area contributed by atoms with Crippen LogP contribution >= 0.6 is 0 Å². The zero-order chi connectivity index (χ0) is 15.5. The fourth-order valence-corrected chi connectivity index (χ4v) is 2.69. The van der Waals surface area contributed by atoms with Crippen molar-refractivity contribution < 1.29 is 14.7 Å². The van der Waals surface area contributed by atoms with E-state index in [0.717, 1.165) is 5.56 Å². The van der Waals surface area contributed by atoms with E-state index in [4.69, 9.17) is 0 Å². The molecule has 0 bridgehead atoms. The number of Topliss-reactive ketones (excluding diaryl/α,β-unsaturated/α-hetero) is 1. The summed E-state index contributed by atoms with van der Waals surface area (Å²) in [6.07, 6.45) is 1.42. The van der Waals surface area contributed by atoms with Crippen molar-refractivity contribution in [1.29, 1.82) is 0 Å². The molecule has 0 aromatic heterocycles. The Balaban J connectivity index is 1.77. The smallest absolute Gasteiger partial charge is 0.192 e. The summed E-state index contributed by atoms with van der Waals surface area (Å²) >= 11 is 0. The van der Waals surface area contributed by atoms with Crippen molar-refractivity contribution >= 4 is 11.6 Å². The van der Waals surface area contributed by atoms with E-state index in [1.165, 1.54) is 6.08 Å². The van der Waals surface area contributed by atoms with Crippen LogP contribution in [0.25, 0.3) is 0 Å². The number of carbonyl (C=O) groups excluding carboxylic acids is 2. The largest absolute Gasteiger partial charge is 0.388 e. The number of rotatable bonds is 4. The number of ketones is 2. The summed E-state index contributed by atoms with van der Waals surface area (Å²) in [5.74, 6) is -0.472. The molecule has 1 aliphatic carbocycles. The van der Waals surface area contributed by atoms with Gasteiger partial charge in [-0.15, -0.1) is 0 Å². The SMILES string of the molecule is O=C1C=C(C(O)CCc2ccccc2)C(=O)c2ccccc21. The summed E-state index contributed by atoms with van der Waals surface area (Å²) in [4.78, 5) is 24.5. The van der Waals surface area contributed by atoms with Crippen LogP contribution < -0.4 is 0 Å². The third kappa shape index (κ3) is 2.76. The average molecular weight is 292 g/mol. The first-order valence-electron chi connectivity index (χ1n) is 7.28. The van der Waals surface area contributed by atoms with Crippen LogP contribution in [-0.2, 0) is 6.42 Å². The monoisotopic (exact) mass is 292 g/mol. The van der Waals surface area contributed by atoms with E-state index in [1.807, 2.05) is 30.3 Å². The van der Waals surface area contributed by atoms with Crippen LogP contribution in [0.1, 0.15) is 32.7 Å². The highest BCUT2D eigenvalue weighted by Crippen LogP contribution is 2.24. The van der Waals surface area contributed by atoms with Gasteiger partial charge in [0, 0.05) is 16.7 Å². The van der Waals surface area contributed by atoms with Crippen LogP contribution in [0.2, 0.25) is 0 Å². The Bertz CT molecular complexity index is 744. The van der Waals surface area contributed by atoms with E-state index in [-0.39, 0.29) is 17.1 Å². The molecule has 2 aromatic rings. The highest BCUT2D eigenvalue weighted by Gasteiger charge is 2.28. The van der Waals surface area contributed by atoms with Crippen LogP contribution in [0.3, 0.4) is 0 Å². The Hall–Kier alpha value is -2.52. The number of allylic oxidation sites excluding steroid dienone is 1. The molecule has 3 heteroatoms. The molecule has 0 saturated heterocycles. The highest BCUT2D eigenvalue weighted by molar-refractivity contribution is 6.24. The van der Waals surface area contributed by atoms with E-state index < -0.39 is 6.10 Å². The number of aliphatic hydroxyl groups is 1. The van der Waals surface area contributed by atoms with Crippen molar-refractivity contribution in [3.8, 4) is 0 Å². The van der Waals surface area contributed by atoms with Crippen molar-refractivity contribution in [2.45, 2.75) is 18.9 Å². The molecule has 1 aliphatic rings. The molecule has 0 aliphatic heterocycles. The van der Waals surface area contributed by atoms with Crippen molar-refractivity contribution in [3.05, 3.63) is 82.9 Å². The van der Waals surface area contributed by atoms with E-state index in [2.05, 4.69) is 0 Å². The van der Waals surface area contributed by atoms with E-state index >= 15 is 0 Å². The van der Waals surface area contributed by atoms with Gasteiger partial charge < -0.3 is 5.11 Å². The third-order valence-corrected chi connectivity index (χ3v) is 3.89. The fourth-order valence-electron chi connectivity index (χ4n) is 2.69. The summed E-state index contributed by atoms with van der Waals surface area (Å²) in [7, 11) is 0. The van der Waals surface area contributed by atoms with Gasteiger partial charge in [0.1, 0.15) is 0 Å². The molecule has 2 aromatic carbocycles. The molecule has 0 spiro atoms. The molecular weight excluding hydrogens is 276 g/mol. The highest BCUT2D eigenvalue weighted by atomic mass is 16.3. The predicted octanol–water partition coefficient (Wildman–Crippen LogP) is 2.99. The molecule has 3 nitrogen and oxygen atoms in total. The number of aliphatic hydroxyl groups excluding tert-OH is 1. The van der Waals surface area contributed by atoms with Gasteiger partial charge in [0.25, 0.3) is 0 Å². The molecule has 3 rings (SSSR count). The molecular formula is C19H16O3. The molecule has 0 heterocycles. The maximum Gasteiger partial charge on any atom is 0.192 e. The number of fused-ring (bicyclic) bond motifs is 1. The van der Waals surface area contributed by atoms with Crippen molar-refractivity contribution in [1.82, 2.24) is 0 Å². The van der Waals surface area contributed by atoms with E-state index in [0.29, 0.717) is 24.0 Å². The first-order valence-corrected chi connectivity index (χ1v) is 7.28. The maximum absolute atomic E-state index is 12.4. The predicted molar refractivity (Wildman–Crippen MR) is 84.0 cm³/mol.